The number of carbonyl (C=O) groups is 1. The molecule has 130 valence electrons. The smallest absolute Gasteiger partial charge is 0.253 e. The van der Waals surface area contributed by atoms with Crippen LogP contribution >= 0.6 is 0 Å². The van der Waals surface area contributed by atoms with Crippen LogP contribution < -0.4 is 5.32 Å². The minimum absolute atomic E-state index is 0.000336. The topological polar surface area (TPSA) is 61.1 Å². The molecular weight excluding hydrogens is 304 g/mol. The number of amides is 1. The van der Waals surface area contributed by atoms with Crippen molar-refractivity contribution in [1.82, 2.24) is 19.7 Å². The zero-order valence-corrected chi connectivity index (χ0v) is 14.9. The molecule has 6 heteroatoms. The molecule has 1 fully saturated rings. The van der Waals surface area contributed by atoms with Crippen molar-refractivity contribution in [3.8, 4) is 0 Å². The van der Waals surface area contributed by atoms with Crippen molar-refractivity contribution in [3.63, 3.8) is 0 Å². The lowest BCUT2D eigenvalue weighted by molar-refractivity contribution is 0.0845. The third kappa shape index (κ3) is 3.11. The molecule has 2 atom stereocenters. The molecule has 0 unspecified atom stereocenters. The van der Waals surface area contributed by atoms with Crippen LogP contribution in [0.25, 0.3) is 0 Å². The number of aromatic nitrogens is 3. The van der Waals surface area contributed by atoms with Crippen molar-refractivity contribution in [1.29, 1.82) is 0 Å². The number of aryl methyl sites for hydroxylation is 2. The highest BCUT2D eigenvalue weighted by Crippen LogP contribution is 2.33. The number of nitrogens with one attached hydrogen (secondary N) is 1. The van der Waals surface area contributed by atoms with Gasteiger partial charge in [-0.1, -0.05) is 0 Å². The second-order valence-electron chi connectivity index (χ2n) is 6.53. The lowest BCUT2D eigenvalue weighted by Gasteiger charge is -2.17. The standard InChI is InChI=1S/C18H26N4O2/c1-5-22-12(2)8-16(13(22)3)18(23)19-9-14-6-7-24-17(14)15-10-20-21(4)11-15/h8,10-11,14,17H,5-7,9H2,1-4H3,(H,19,23)/t14-,17+/m0/s1. The summed E-state index contributed by atoms with van der Waals surface area (Å²) >= 11 is 0. The van der Waals surface area contributed by atoms with Gasteiger partial charge < -0.3 is 14.6 Å². The van der Waals surface area contributed by atoms with Crippen LogP contribution in [0.15, 0.2) is 18.5 Å². The first-order chi connectivity index (χ1) is 11.5. The van der Waals surface area contributed by atoms with E-state index in [2.05, 4.69) is 21.9 Å². The van der Waals surface area contributed by atoms with Gasteiger partial charge in [-0.25, -0.2) is 0 Å². The predicted molar refractivity (Wildman–Crippen MR) is 91.9 cm³/mol. The van der Waals surface area contributed by atoms with Gasteiger partial charge in [-0.05, 0) is 33.3 Å². The average Bonchev–Trinajstić information content (AvgIpc) is 3.24. The van der Waals surface area contributed by atoms with E-state index in [0.717, 1.165) is 42.1 Å². The fourth-order valence-electron chi connectivity index (χ4n) is 3.64. The largest absolute Gasteiger partial charge is 0.373 e. The van der Waals surface area contributed by atoms with Crippen molar-refractivity contribution in [2.75, 3.05) is 13.2 Å². The van der Waals surface area contributed by atoms with Gasteiger partial charge in [0.2, 0.25) is 0 Å². The van der Waals surface area contributed by atoms with Gasteiger partial charge in [0.15, 0.2) is 0 Å². The Morgan fingerprint density at radius 3 is 2.88 bits per heavy atom. The molecule has 0 aromatic carbocycles. The summed E-state index contributed by atoms with van der Waals surface area (Å²) in [5, 5.41) is 7.31. The van der Waals surface area contributed by atoms with E-state index in [0.29, 0.717) is 6.54 Å². The number of hydrogen-bond donors (Lipinski definition) is 1. The predicted octanol–water partition coefficient (Wildman–Crippen LogP) is 2.37. The number of ether oxygens (including phenoxy) is 1. The molecule has 0 saturated carbocycles. The zero-order chi connectivity index (χ0) is 17.3. The van der Waals surface area contributed by atoms with Crippen molar-refractivity contribution in [3.05, 3.63) is 41.0 Å². The fraction of sp³-hybridized carbons (Fsp3) is 0.556. The summed E-state index contributed by atoms with van der Waals surface area (Å²) in [6.07, 6.45) is 4.80. The summed E-state index contributed by atoms with van der Waals surface area (Å²) in [4.78, 5) is 12.6. The van der Waals surface area contributed by atoms with Crippen LogP contribution in [-0.2, 0) is 18.3 Å². The summed E-state index contributed by atoms with van der Waals surface area (Å²) in [5.41, 5.74) is 4.00. The molecule has 2 aromatic heterocycles. The minimum Gasteiger partial charge on any atom is -0.373 e. The van der Waals surface area contributed by atoms with E-state index in [4.69, 9.17) is 4.74 Å². The van der Waals surface area contributed by atoms with E-state index >= 15 is 0 Å². The van der Waals surface area contributed by atoms with E-state index < -0.39 is 0 Å². The fourth-order valence-corrected chi connectivity index (χ4v) is 3.64. The lowest BCUT2D eigenvalue weighted by atomic mass is 9.97. The van der Waals surface area contributed by atoms with Gasteiger partial charge in [0.1, 0.15) is 0 Å². The van der Waals surface area contributed by atoms with Crippen LogP contribution in [0.4, 0.5) is 0 Å². The summed E-state index contributed by atoms with van der Waals surface area (Å²) in [6.45, 7) is 8.36. The third-order valence-electron chi connectivity index (χ3n) is 4.93. The SMILES string of the molecule is CCn1c(C)cc(C(=O)NC[C@@H]2CCO[C@H]2c2cnn(C)c2)c1C. The monoisotopic (exact) mass is 330 g/mol. The molecule has 1 amide bonds. The Bertz CT molecular complexity index is 731. The molecule has 6 nitrogen and oxygen atoms in total. The molecule has 1 aliphatic rings. The highest BCUT2D eigenvalue weighted by atomic mass is 16.5. The van der Waals surface area contributed by atoms with Crippen LogP contribution in [0.2, 0.25) is 0 Å². The van der Waals surface area contributed by atoms with Gasteiger partial charge in [0.05, 0.1) is 17.9 Å². The Hall–Kier alpha value is -2.08. The minimum atomic E-state index is -0.000336. The second kappa shape index (κ2) is 6.81. The number of nitrogens with zero attached hydrogens (tertiary/aromatic N) is 3. The average molecular weight is 330 g/mol. The van der Waals surface area contributed by atoms with E-state index in [1.807, 2.05) is 39.4 Å². The number of hydrogen-bond acceptors (Lipinski definition) is 3. The molecule has 1 N–H and O–H groups in total. The molecule has 3 heterocycles. The first kappa shape index (κ1) is 16.8. The van der Waals surface area contributed by atoms with Crippen molar-refractivity contribution in [2.45, 2.75) is 39.8 Å². The Labute approximate surface area is 142 Å². The maximum absolute atomic E-state index is 12.6. The Balaban J connectivity index is 1.65. The van der Waals surface area contributed by atoms with Gasteiger partial charge in [-0.15, -0.1) is 0 Å². The number of rotatable bonds is 5. The van der Waals surface area contributed by atoms with Gasteiger partial charge in [-0.2, -0.15) is 5.10 Å². The van der Waals surface area contributed by atoms with Crippen molar-refractivity contribution >= 4 is 5.91 Å². The van der Waals surface area contributed by atoms with Gasteiger partial charge in [0.25, 0.3) is 5.91 Å². The van der Waals surface area contributed by atoms with Crippen molar-refractivity contribution < 1.29 is 9.53 Å². The van der Waals surface area contributed by atoms with Crippen LogP contribution in [0, 0.1) is 19.8 Å². The molecule has 0 radical (unpaired) electrons. The zero-order valence-electron chi connectivity index (χ0n) is 14.9. The second-order valence-corrected chi connectivity index (χ2v) is 6.53. The molecule has 1 saturated heterocycles. The van der Waals surface area contributed by atoms with Crippen LogP contribution in [0.1, 0.15) is 46.8 Å². The van der Waals surface area contributed by atoms with Gasteiger partial charge >= 0.3 is 0 Å². The molecule has 0 aliphatic carbocycles. The Morgan fingerprint density at radius 2 is 2.25 bits per heavy atom. The van der Waals surface area contributed by atoms with Crippen LogP contribution in [-0.4, -0.2) is 33.4 Å². The van der Waals surface area contributed by atoms with Crippen LogP contribution in [0.3, 0.4) is 0 Å². The quantitative estimate of drug-likeness (QED) is 0.915. The molecule has 2 aromatic rings. The third-order valence-corrected chi connectivity index (χ3v) is 4.93. The maximum Gasteiger partial charge on any atom is 0.253 e. The molecule has 0 bridgehead atoms. The summed E-state index contributed by atoms with van der Waals surface area (Å²) in [5.74, 6) is 0.285. The summed E-state index contributed by atoms with van der Waals surface area (Å²) < 4.78 is 9.80. The number of carbonyl (C=O) groups excluding carboxylic acids is 1. The van der Waals surface area contributed by atoms with E-state index in [-0.39, 0.29) is 17.9 Å². The first-order valence-corrected chi connectivity index (χ1v) is 8.56. The molecule has 24 heavy (non-hydrogen) atoms. The first-order valence-electron chi connectivity index (χ1n) is 8.56. The Kier molecular flexibility index (Phi) is 4.76. The Morgan fingerprint density at radius 1 is 1.46 bits per heavy atom. The highest BCUT2D eigenvalue weighted by Gasteiger charge is 2.31. The summed E-state index contributed by atoms with van der Waals surface area (Å²) in [7, 11) is 1.90. The van der Waals surface area contributed by atoms with Gasteiger partial charge in [-0.3, -0.25) is 9.48 Å². The normalized spacial score (nSPS) is 20.5. The highest BCUT2D eigenvalue weighted by molar-refractivity contribution is 5.95. The lowest BCUT2D eigenvalue weighted by Crippen LogP contribution is -2.30. The van der Waals surface area contributed by atoms with Crippen molar-refractivity contribution in [2.24, 2.45) is 13.0 Å². The molecule has 1 aliphatic heterocycles. The van der Waals surface area contributed by atoms with Crippen LogP contribution in [0.5, 0.6) is 0 Å². The summed E-state index contributed by atoms with van der Waals surface area (Å²) in [6, 6.07) is 1.97. The van der Waals surface area contributed by atoms with E-state index in [1.165, 1.54) is 0 Å². The van der Waals surface area contributed by atoms with E-state index in [9.17, 15) is 4.79 Å². The molecule has 0 spiro atoms. The van der Waals surface area contributed by atoms with Gasteiger partial charge in [0, 0.05) is 55.8 Å². The van der Waals surface area contributed by atoms with E-state index in [1.54, 1.807) is 4.68 Å². The maximum atomic E-state index is 12.6. The molecule has 3 rings (SSSR count). The molecular formula is C18H26N4O2.